The topological polar surface area (TPSA) is 64.6 Å². The van der Waals surface area contributed by atoms with Crippen molar-refractivity contribution < 1.29 is 19.1 Å². The molecule has 2 aromatic rings. The van der Waals surface area contributed by atoms with Crippen molar-refractivity contribution in [3.63, 3.8) is 0 Å². The van der Waals surface area contributed by atoms with Crippen LogP contribution in [0.3, 0.4) is 0 Å². The number of benzene rings is 2. The maximum absolute atomic E-state index is 12.4. The summed E-state index contributed by atoms with van der Waals surface area (Å²) in [6, 6.07) is 16.9. The minimum absolute atomic E-state index is 0.315. The van der Waals surface area contributed by atoms with Crippen molar-refractivity contribution in [1.82, 2.24) is 5.32 Å². The van der Waals surface area contributed by atoms with Gasteiger partial charge in [-0.2, -0.15) is 0 Å². The van der Waals surface area contributed by atoms with Gasteiger partial charge in [-0.15, -0.1) is 0 Å². The molecule has 2 aromatic carbocycles. The fourth-order valence-corrected chi connectivity index (χ4v) is 2.26. The first-order valence-electron chi connectivity index (χ1n) is 7.70. The third kappa shape index (κ3) is 5.43. The van der Waals surface area contributed by atoms with Crippen molar-refractivity contribution in [2.45, 2.75) is 26.0 Å². The Morgan fingerprint density at radius 2 is 1.67 bits per heavy atom. The van der Waals surface area contributed by atoms with Crippen LogP contribution < -0.4 is 10.1 Å². The SMILES string of the molecule is COc1ccc(CNC(=O)[C@@H](Cc2ccccc2)OC(C)=O)cc1. The molecule has 0 radical (unpaired) electrons. The number of esters is 1. The number of hydrogen-bond donors (Lipinski definition) is 1. The van der Waals surface area contributed by atoms with E-state index in [1.54, 1.807) is 7.11 Å². The standard InChI is InChI=1S/C19H21NO4/c1-14(21)24-18(12-15-6-4-3-5-7-15)19(22)20-13-16-8-10-17(23-2)11-9-16/h3-11,18H,12-13H2,1-2H3,(H,20,22)/t18-/m1/s1. The Hall–Kier alpha value is -2.82. The first-order valence-corrected chi connectivity index (χ1v) is 7.70. The van der Waals surface area contributed by atoms with Gasteiger partial charge in [0.25, 0.3) is 5.91 Å². The number of hydrogen-bond acceptors (Lipinski definition) is 4. The number of carbonyl (C=O) groups excluding carboxylic acids is 2. The van der Waals surface area contributed by atoms with E-state index in [1.807, 2.05) is 54.6 Å². The second-order valence-electron chi connectivity index (χ2n) is 5.35. The van der Waals surface area contributed by atoms with Crippen LogP contribution >= 0.6 is 0 Å². The van der Waals surface area contributed by atoms with Gasteiger partial charge in [0.1, 0.15) is 5.75 Å². The first kappa shape index (κ1) is 17.5. The highest BCUT2D eigenvalue weighted by atomic mass is 16.5. The number of nitrogens with one attached hydrogen (secondary N) is 1. The molecule has 0 bridgehead atoms. The summed E-state index contributed by atoms with van der Waals surface area (Å²) < 4.78 is 10.3. The van der Waals surface area contributed by atoms with E-state index in [2.05, 4.69) is 5.32 Å². The van der Waals surface area contributed by atoms with Crippen LogP contribution in [0, 0.1) is 0 Å². The van der Waals surface area contributed by atoms with Gasteiger partial charge in [0.15, 0.2) is 6.10 Å². The van der Waals surface area contributed by atoms with Crippen molar-refractivity contribution in [3.05, 3.63) is 65.7 Å². The fraction of sp³-hybridized carbons (Fsp3) is 0.263. The van der Waals surface area contributed by atoms with Gasteiger partial charge in [0.05, 0.1) is 7.11 Å². The molecule has 5 nitrogen and oxygen atoms in total. The molecule has 0 unspecified atom stereocenters. The Kier molecular flexibility index (Phi) is 6.37. The summed E-state index contributed by atoms with van der Waals surface area (Å²) in [7, 11) is 1.60. The summed E-state index contributed by atoms with van der Waals surface area (Å²) in [5.41, 5.74) is 1.87. The molecule has 2 rings (SSSR count). The van der Waals surface area contributed by atoms with E-state index >= 15 is 0 Å². The van der Waals surface area contributed by atoms with E-state index in [9.17, 15) is 9.59 Å². The van der Waals surface area contributed by atoms with Crippen LogP contribution in [0.5, 0.6) is 5.75 Å². The van der Waals surface area contributed by atoms with Gasteiger partial charge in [0, 0.05) is 19.9 Å². The van der Waals surface area contributed by atoms with Crippen LogP contribution in [0.25, 0.3) is 0 Å². The van der Waals surface area contributed by atoms with Crippen LogP contribution in [0.15, 0.2) is 54.6 Å². The second kappa shape index (κ2) is 8.72. The minimum atomic E-state index is -0.844. The Labute approximate surface area is 141 Å². The molecule has 126 valence electrons. The lowest BCUT2D eigenvalue weighted by Gasteiger charge is -2.17. The van der Waals surface area contributed by atoms with Crippen LogP contribution in [-0.2, 0) is 27.3 Å². The average Bonchev–Trinajstić information content (AvgIpc) is 2.60. The lowest BCUT2D eigenvalue weighted by atomic mass is 10.1. The summed E-state index contributed by atoms with van der Waals surface area (Å²) >= 11 is 0. The Balaban J connectivity index is 1.97. The summed E-state index contributed by atoms with van der Waals surface area (Å²) in [5, 5.41) is 2.81. The molecular formula is C19H21NO4. The van der Waals surface area contributed by atoms with Gasteiger partial charge in [-0.25, -0.2) is 0 Å². The molecular weight excluding hydrogens is 306 g/mol. The Bertz CT molecular complexity index is 668. The molecule has 0 spiro atoms. The number of amides is 1. The van der Waals surface area contributed by atoms with Crippen molar-refractivity contribution in [2.75, 3.05) is 7.11 Å². The Morgan fingerprint density at radius 1 is 1.00 bits per heavy atom. The van der Waals surface area contributed by atoms with Crippen LogP contribution in [-0.4, -0.2) is 25.1 Å². The van der Waals surface area contributed by atoms with Gasteiger partial charge < -0.3 is 14.8 Å². The van der Waals surface area contributed by atoms with E-state index in [4.69, 9.17) is 9.47 Å². The summed E-state index contributed by atoms with van der Waals surface area (Å²) in [6.07, 6.45) is -0.502. The highest BCUT2D eigenvalue weighted by Crippen LogP contribution is 2.11. The Morgan fingerprint density at radius 3 is 2.25 bits per heavy atom. The molecule has 0 aliphatic rings. The molecule has 1 atom stereocenters. The van der Waals surface area contributed by atoms with Crippen LogP contribution in [0.2, 0.25) is 0 Å². The maximum Gasteiger partial charge on any atom is 0.303 e. The van der Waals surface area contributed by atoms with E-state index in [0.717, 1.165) is 16.9 Å². The molecule has 0 aromatic heterocycles. The summed E-state index contributed by atoms with van der Waals surface area (Å²) in [6.45, 7) is 1.66. The predicted molar refractivity (Wildman–Crippen MR) is 90.5 cm³/mol. The lowest BCUT2D eigenvalue weighted by Crippen LogP contribution is -2.38. The molecule has 1 amide bonds. The van der Waals surface area contributed by atoms with Gasteiger partial charge in [-0.3, -0.25) is 9.59 Å². The zero-order valence-electron chi connectivity index (χ0n) is 13.8. The van der Waals surface area contributed by atoms with Gasteiger partial charge in [-0.1, -0.05) is 42.5 Å². The van der Waals surface area contributed by atoms with E-state index in [-0.39, 0.29) is 5.91 Å². The number of ether oxygens (including phenoxy) is 2. The van der Waals surface area contributed by atoms with Gasteiger partial charge >= 0.3 is 5.97 Å². The van der Waals surface area contributed by atoms with E-state index in [1.165, 1.54) is 6.92 Å². The van der Waals surface area contributed by atoms with Crippen LogP contribution in [0.4, 0.5) is 0 Å². The van der Waals surface area contributed by atoms with E-state index in [0.29, 0.717) is 13.0 Å². The van der Waals surface area contributed by atoms with Crippen molar-refractivity contribution in [1.29, 1.82) is 0 Å². The number of carbonyl (C=O) groups is 2. The predicted octanol–water partition coefficient (Wildman–Crippen LogP) is 2.49. The molecule has 0 aliphatic heterocycles. The van der Waals surface area contributed by atoms with E-state index < -0.39 is 12.1 Å². The summed E-state index contributed by atoms with van der Waals surface area (Å²) in [4.78, 5) is 23.6. The minimum Gasteiger partial charge on any atom is -0.497 e. The quantitative estimate of drug-likeness (QED) is 0.794. The first-order chi connectivity index (χ1) is 11.6. The summed E-state index contributed by atoms with van der Waals surface area (Å²) in [5.74, 6) is -0.0349. The maximum atomic E-state index is 12.4. The largest absolute Gasteiger partial charge is 0.497 e. The molecule has 5 heteroatoms. The van der Waals surface area contributed by atoms with Crippen LogP contribution in [0.1, 0.15) is 18.1 Å². The third-order valence-electron chi connectivity index (χ3n) is 3.49. The molecule has 24 heavy (non-hydrogen) atoms. The highest BCUT2D eigenvalue weighted by Gasteiger charge is 2.21. The highest BCUT2D eigenvalue weighted by molar-refractivity contribution is 5.83. The monoisotopic (exact) mass is 327 g/mol. The lowest BCUT2D eigenvalue weighted by molar-refractivity contribution is -0.153. The smallest absolute Gasteiger partial charge is 0.303 e. The molecule has 0 heterocycles. The number of methoxy groups -OCH3 is 1. The van der Waals surface area contributed by atoms with Crippen molar-refractivity contribution in [3.8, 4) is 5.75 Å². The van der Waals surface area contributed by atoms with Crippen molar-refractivity contribution in [2.24, 2.45) is 0 Å². The average molecular weight is 327 g/mol. The zero-order chi connectivity index (χ0) is 17.4. The fourth-order valence-electron chi connectivity index (χ4n) is 2.26. The molecule has 0 aliphatic carbocycles. The van der Waals surface area contributed by atoms with Gasteiger partial charge in [-0.05, 0) is 23.3 Å². The third-order valence-corrected chi connectivity index (χ3v) is 3.49. The van der Waals surface area contributed by atoms with Gasteiger partial charge in [0.2, 0.25) is 0 Å². The van der Waals surface area contributed by atoms with Crippen molar-refractivity contribution >= 4 is 11.9 Å². The molecule has 0 saturated heterocycles. The normalized spacial score (nSPS) is 11.4. The molecule has 1 N–H and O–H groups in total. The molecule has 0 saturated carbocycles. The second-order valence-corrected chi connectivity index (χ2v) is 5.35. The zero-order valence-corrected chi connectivity index (χ0v) is 13.8. The molecule has 0 fully saturated rings. The number of rotatable bonds is 7.